The Kier molecular flexibility index (Phi) is 5.26. The molecule has 0 bridgehead atoms. The zero-order chi connectivity index (χ0) is 22.0. The molecule has 0 aliphatic carbocycles. The molecule has 8 nitrogen and oxygen atoms in total. The second kappa shape index (κ2) is 8.17. The topological polar surface area (TPSA) is 122 Å². The van der Waals surface area contributed by atoms with Crippen molar-refractivity contribution in [3.05, 3.63) is 91.5 Å². The first kappa shape index (κ1) is 19.9. The summed E-state index contributed by atoms with van der Waals surface area (Å²) in [6.07, 6.45) is 1.39. The molecule has 2 heterocycles. The summed E-state index contributed by atoms with van der Waals surface area (Å²) in [6, 6.07) is 13.1. The number of nitro groups is 1. The van der Waals surface area contributed by atoms with E-state index in [2.05, 4.69) is 10.3 Å². The van der Waals surface area contributed by atoms with Gasteiger partial charge >= 0.3 is 5.63 Å². The summed E-state index contributed by atoms with van der Waals surface area (Å²) in [4.78, 5) is 27.2. The number of nitrogens with one attached hydrogen (secondary N) is 1. The fourth-order valence-electron chi connectivity index (χ4n) is 2.80. The molecule has 31 heavy (non-hydrogen) atoms. The van der Waals surface area contributed by atoms with E-state index in [1.807, 2.05) is 6.07 Å². The highest BCUT2D eigenvalue weighted by atomic mass is 32.1. The number of hydrogen-bond donors (Lipinski definition) is 1. The van der Waals surface area contributed by atoms with Crippen LogP contribution in [0.3, 0.4) is 0 Å². The van der Waals surface area contributed by atoms with Gasteiger partial charge in [0.1, 0.15) is 28.1 Å². The van der Waals surface area contributed by atoms with Gasteiger partial charge in [-0.2, -0.15) is 5.26 Å². The minimum absolute atomic E-state index is 0.117. The first-order valence-corrected chi connectivity index (χ1v) is 9.63. The van der Waals surface area contributed by atoms with Crippen LogP contribution < -0.4 is 10.9 Å². The number of aromatic nitrogens is 1. The van der Waals surface area contributed by atoms with Crippen molar-refractivity contribution in [2.24, 2.45) is 0 Å². The smallest absolute Gasteiger partial charge is 0.345 e. The van der Waals surface area contributed by atoms with Crippen LogP contribution in [-0.4, -0.2) is 9.91 Å². The van der Waals surface area contributed by atoms with Crippen molar-refractivity contribution >= 4 is 39.3 Å². The lowest BCUT2D eigenvalue weighted by molar-refractivity contribution is -0.384. The lowest BCUT2D eigenvalue weighted by atomic mass is 10.1. The molecule has 0 fully saturated rings. The van der Waals surface area contributed by atoms with Gasteiger partial charge in [-0.3, -0.25) is 10.1 Å². The number of nitrogens with zero attached hydrogens (tertiary/aromatic N) is 3. The number of thiazole rings is 1. The van der Waals surface area contributed by atoms with Gasteiger partial charge in [-0.05, 0) is 30.3 Å². The van der Waals surface area contributed by atoms with Gasteiger partial charge in [0.2, 0.25) is 0 Å². The molecule has 0 amide bonds. The lowest BCUT2D eigenvalue weighted by Crippen LogP contribution is -2.03. The molecule has 4 rings (SSSR count). The van der Waals surface area contributed by atoms with Gasteiger partial charge in [0, 0.05) is 34.8 Å². The number of non-ortho nitro benzene ring substituents is 1. The van der Waals surface area contributed by atoms with Crippen LogP contribution in [0.15, 0.2) is 69.3 Å². The molecule has 0 unspecified atom stereocenters. The van der Waals surface area contributed by atoms with Crippen molar-refractivity contribution in [2.45, 2.75) is 0 Å². The molecule has 0 aliphatic rings. The van der Waals surface area contributed by atoms with Gasteiger partial charge in [0.15, 0.2) is 0 Å². The minimum Gasteiger partial charge on any atom is -0.422 e. The quantitative estimate of drug-likeness (QED) is 0.204. The number of nitro benzene ring substituents is 1. The summed E-state index contributed by atoms with van der Waals surface area (Å²) in [7, 11) is 0. The molecule has 0 spiro atoms. The summed E-state index contributed by atoms with van der Waals surface area (Å²) in [6.45, 7) is 0. The van der Waals surface area contributed by atoms with Crippen molar-refractivity contribution in [3.8, 4) is 17.3 Å². The Morgan fingerprint density at radius 1 is 1.29 bits per heavy atom. The molecule has 152 valence electrons. The summed E-state index contributed by atoms with van der Waals surface area (Å²) >= 11 is 1.13. The van der Waals surface area contributed by atoms with Crippen LogP contribution in [0.1, 0.15) is 5.01 Å². The number of halogens is 1. The molecular weight excluding hydrogens is 423 g/mol. The third kappa shape index (κ3) is 4.17. The van der Waals surface area contributed by atoms with Crippen LogP contribution in [0.5, 0.6) is 0 Å². The van der Waals surface area contributed by atoms with E-state index in [4.69, 9.17) is 4.42 Å². The second-order valence-electron chi connectivity index (χ2n) is 6.29. The fourth-order valence-corrected chi connectivity index (χ4v) is 3.59. The Morgan fingerprint density at radius 2 is 2.13 bits per heavy atom. The molecule has 2 aromatic carbocycles. The Labute approximate surface area is 177 Å². The van der Waals surface area contributed by atoms with Gasteiger partial charge in [0.25, 0.3) is 5.69 Å². The summed E-state index contributed by atoms with van der Waals surface area (Å²) in [5.41, 5.74) is 0.456. The van der Waals surface area contributed by atoms with E-state index in [1.54, 1.807) is 11.4 Å². The Hall–Kier alpha value is -4.36. The van der Waals surface area contributed by atoms with Gasteiger partial charge in [-0.15, -0.1) is 11.3 Å². The average molecular weight is 434 g/mol. The van der Waals surface area contributed by atoms with Crippen LogP contribution >= 0.6 is 11.3 Å². The number of benzene rings is 2. The monoisotopic (exact) mass is 434 g/mol. The first-order chi connectivity index (χ1) is 14.9. The van der Waals surface area contributed by atoms with Crippen LogP contribution in [0.2, 0.25) is 0 Å². The number of hydrogen-bond acceptors (Lipinski definition) is 8. The number of allylic oxidation sites excluding steroid dienone is 1. The molecule has 0 saturated carbocycles. The highest BCUT2D eigenvalue weighted by molar-refractivity contribution is 7.11. The standard InChI is InChI=1S/C21H11FN4O4S/c22-14-2-1-3-15(8-14)24-10-13(9-23)20-25-18(11-31-20)17-7-12-6-16(26(28)29)4-5-19(12)30-21(17)27/h1-8,10-11,24H. The lowest BCUT2D eigenvalue weighted by Gasteiger charge is -2.01. The Bertz CT molecular complexity index is 1450. The largest absolute Gasteiger partial charge is 0.422 e. The van der Waals surface area contributed by atoms with E-state index in [0.29, 0.717) is 16.1 Å². The van der Waals surface area contributed by atoms with E-state index < -0.39 is 16.4 Å². The third-order valence-corrected chi connectivity index (χ3v) is 5.14. The number of anilines is 1. The van der Waals surface area contributed by atoms with E-state index in [9.17, 15) is 24.6 Å². The Morgan fingerprint density at radius 3 is 2.87 bits per heavy atom. The van der Waals surface area contributed by atoms with Crippen molar-refractivity contribution in [2.75, 3.05) is 5.32 Å². The highest BCUT2D eigenvalue weighted by Crippen LogP contribution is 2.28. The van der Waals surface area contributed by atoms with Crippen LogP contribution in [0.4, 0.5) is 15.8 Å². The summed E-state index contributed by atoms with van der Waals surface area (Å²) in [5.74, 6) is -0.420. The highest BCUT2D eigenvalue weighted by Gasteiger charge is 2.15. The minimum atomic E-state index is -0.654. The predicted octanol–water partition coefficient (Wildman–Crippen LogP) is 4.94. The zero-order valence-corrected chi connectivity index (χ0v) is 16.4. The maximum atomic E-state index is 13.3. The molecule has 1 N–H and O–H groups in total. The molecular formula is C21H11FN4O4S. The molecule has 4 aromatic rings. The molecule has 0 aliphatic heterocycles. The summed E-state index contributed by atoms with van der Waals surface area (Å²) < 4.78 is 18.5. The maximum Gasteiger partial charge on any atom is 0.345 e. The van der Waals surface area contributed by atoms with Crippen molar-refractivity contribution in [1.29, 1.82) is 5.26 Å². The first-order valence-electron chi connectivity index (χ1n) is 8.75. The zero-order valence-electron chi connectivity index (χ0n) is 15.5. The van der Waals surface area contributed by atoms with E-state index in [-0.39, 0.29) is 28.1 Å². The molecule has 0 radical (unpaired) electrons. The number of fused-ring (bicyclic) bond motifs is 1. The van der Waals surface area contributed by atoms with E-state index >= 15 is 0 Å². The number of rotatable bonds is 5. The predicted molar refractivity (Wildman–Crippen MR) is 114 cm³/mol. The van der Waals surface area contributed by atoms with Gasteiger partial charge in [-0.25, -0.2) is 14.2 Å². The van der Waals surface area contributed by atoms with Crippen LogP contribution in [-0.2, 0) is 0 Å². The van der Waals surface area contributed by atoms with Crippen molar-refractivity contribution < 1.29 is 13.7 Å². The van der Waals surface area contributed by atoms with E-state index in [1.165, 1.54) is 48.7 Å². The molecule has 0 atom stereocenters. The van der Waals surface area contributed by atoms with Crippen LogP contribution in [0.25, 0.3) is 27.8 Å². The molecule has 0 saturated heterocycles. The fraction of sp³-hybridized carbons (Fsp3) is 0. The summed E-state index contributed by atoms with van der Waals surface area (Å²) in [5, 5.41) is 25.6. The van der Waals surface area contributed by atoms with Crippen molar-refractivity contribution in [1.82, 2.24) is 4.98 Å². The van der Waals surface area contributed by atoms with Crippen molar-refractivity contribution in [3.63, 3.8) is 0 Å². The van der Waals surface area contributed by atoms with Gasteiger partial charge in [-0.1, -0.05) is 6.07 Å². The van der Waals surface area contributed by atoms with Crippen LogP contribution in [0, 0.1) is 27.3 Å². The average Bonchev–Trinajstić information content (AvgIpc) is 3.23. The third-order valence-electron chi connectivity index (χ3n) is 4.27. The normalized spacial score (nSPS) is 11.3. The second-order valence-corrected chi connectivity index (χ2v) is 7.15. The Balaban J connectivity index is 1.68. The molecule has 10 heteroatoms. The van der Waals surface area contributed by atoms with Gasteiger partial charge in [0.05, 0.1) is 16.2 Å². The van der Waals surface area contributed by atoms with Gasteiger partial charge < -0.3 is 9.73 Å². The van der Waals surface area contributed by atoms with E-state index in [0.717, 1.165) is 11.3 Å². The number of nitriles is 1. The SMILES string of the molecule is N#CC(=CNc1cccc(F)c1)c1nc(-c2cc3cc([N+](=O)[O-])ccc3oc2=O)cs1. The maximum absolute atomic E-state index is 13.3. The molecule has 2 aromatic heterocycles.